The van der Waals surface area contributed by atoms with E-state index in [-0.39, 0.29) is 10.8 Å². The minimum absolute atomic E-state index is 0.109. The van der Waals surface area contributed by atoms with E-state index in [1.165, 1.54) is 12.3 Å². The van der Waals surface area contributed by atoms with Gasteiger partial charge in [0.2, 0.25) is 0 Å². The molecule has 1 aromatic carbocycles. The highest BCUT2D eigenvalue weighted by molar-refractivity contribution is 7.92. The van der Waals surface area contributed by atoms with Crippen LogP contribution >= 0.6 is 0 Å². The van der Waals surface area contributed by atoms with Crippen LogP contribution in [0.1, 0.15) is 23.0 Å². The molecule has 0 atom stereocenters. The highest BCUT2D eigenvalue weighted by Crippen LogP contribution is 2.22. The third kappa shape index (κ3) is 2.96. The van der Waals surface area contributed by atoms with Crippen molar-refractivity contribution >= 4 is 21.6 Å². The molecule has 2 heterocycles. The van der Waals surface area contributed by atoms with Gasteiger partial charge in [-0.3, -0.25) is 9.52 Å². The number of aryl methyl sites for hydroxylation is 1. The maximum absolute atomic E-state index is 12.6. The maximum Gasteiger partial charge on any atom is 0.270 e. The number of likely N-dealkylation sites (N-methyl/N-ethyl adjacent to an activating group) is 1. The minimum atomic E-state index is -3.71. The first-order valence-corrected chi connectivity index (χ1v) is 8.96. The molecule has 7 heteroatoms. The van der Waals surface area contributed by atoms with Gasteiger partial charge in [0.15, 0.2) is 0 Å². The molecule has 1 aliphatic heterocycles. The van der Waals surface area contributed by atoms with E-state index in [0.29, 0.717) is 24.5 Å². The number of fused-ring (bicyclic) bond motifs is 1. The number of amides is 1. The van der Waals surface area contributed by atoms with Gasteiger partial charge in [0.25, 0.3) is 15.9 Å². The Labute approximate surface area is 135 Å². The van der Waals surface area contributed by atoms with E-state index >= 15 is 0 Å². The summed E-state index contributed by atoms with van der Waals surface area (Å²) in [5.41, 5.74) is 1.98. The number of nitrogens with one attached hydrogen (secondary N) is 1. The minimum Gasteiger partial charge on any atom is -0.340 e. The molecule has 23 heavy (non-hydrogen) atoms. The van der Waals surface area contributed by atoms with E-state index in [0.717, 1.165) is 12.0 Å². The van der Waals surface area contributed by atoms with Crippen molar-refractivity contribution in [3.63, 3.8) is 0 Å². The van der Waals surface area contributed by atoms with Crippen LogP contribution in [0.5, 0.6) is 0 Å². The predicted octanol–water partition coefficient (Wildman–Crippen LogP) is 1.94. The average molecular weight is 333 g/mol. The number of sulfonamides is 1. The second-order valence-corrected chi connectivity index (χ2v) is 7.32. The summed E-state index contributed by atoms with van der Waals surface area (Å²) in [5, 5.41) is 0. The molecular weight excluding hydrogens is 314 g/mol. The Morgan fingerprint density at radius 3 is 2.74 bits per heavy atom. The normalized spacial score (nSPS) is 14.7. The third-order valence-corrected chi connectivity index (χ3v) is 5.36. The van der Waals surface area contributed by atoms with E-state index < -0.39 is 10.0 Å². The Hall–Kier alpha value is -2.28. The first-order valence-electron chi connectivity index (χ1n) is 7.48. The van der Waals surface area contributed by atoms with Crippen LogP contribution in [-0.4, -0.2) is 37.4 Å². The molecule has 0 saturated heterocycles. The van der Waals surface area contributed by atoms with Gasteiger partial charge in [-0.2, -0.15) is 0 Å². The fraction of sp³-hybridized carbons (Fsp3) is 0.312. The molecule has 1 aromatic heterocycles. The van der Waals surface area contributed by atoms with E-state index in [1.807, 2.05) is 25.1 Å². The highest BCUT2D eigenvalue weighted by atomic mass is 32.2. The van der Waals surface area contributed by atoms with Gasteiger partial charge in [0.05, 0.1) is 0 Å². The molecule has 0 radical (unpaired) electrons. The zero-order valence-electron chi connectivity index (χ0n) is 13.1. The number of carbonyl (C=O) groups is 1. The fourth-order valence-electron chi connectivity index (χ4n) is 2.62. The van der Waals surface area contributed by atoms with Crippen molar-refractivity contribution in [1.82, 2.24) is 9.47 Å². The molecule has 0 unspecified atom stereocenters. The molecule has 1 N–H and O–H groups in total. The van der Waals surface area contributed by atoms with Crippen molar-refractivity contribution in [2.24, 2.45) is 0 Å². The maximum atomic E-state index is 12.6. The van der Waals surface area contributed by atoms with Crippen molar-refractivity contribution in [2.75, 3.05) is 18.3 Å². The lowest BCUT2D eigenvalue weighted by Gasteiger charge is -2.23. The lowest BCUT2D eigenvalue weighted by molar-refractivity contribution is 0.0749. The number of anilines is 1. The molecule has 2 aromatic rings. The molecule has 0 spiro atoms. The lowest BCUT2D eigenvalue weighted by atomic mass is 10.1. The Morgan fingerprint density at radius 2 is 2.00 bits per heavy atom. The molecule has 3 rings (SSSR count). The second-order valence-electron chi connectivity index (χ2n) is 5.64. The summed E-state index contributed by atoms with van der Waals surface area (Å²) in [6.45, 7) is 3.18. The summed E-state index contributed by atoms with van der Waals surface area (Å²) >= 11 is 0. The van der Waals surface area contributed by atoms with Crippen LogP contribution < -0.4 is 4.72 Å². The summed E-state index contributed by atoms with van der Waals surface area (Å²) in [7, 11) is -2.01. The number of rotatable bonds is 4. The van der Waals surface area contributed by atoms with Crippen molar-refractivity contribution in [2.45, 2.75) is 24.8 Å². The van der Waals surface area contributed by atoms with Gasteiger partial charge in [-0.1, -0.05) is 19.1 Å². The van der Waals surface area contributed by atoms with E-state index in [9.17, 15) is 13.2 Å². The summed E-state index contributed by atoms with van der Waals surface area (Å²) in [6, 6.07) is 8.73. The molecule has 0 fully saturated rings. The van der Waals surface area contributed by atoms with Crippen molar-refractivity contribution in [3.8, 4) is 0 Å². The predicted molar refractivity (Wildman–Crippen MR) is 88.0 cm³/mol. The van der Waals surface area contributed by atoms with Crippen molar-refractivity contribution in [3.05, 3.63) is 47.8 Å². The van der Waals surface area contributed by atoms with Gasteiger partial charge in [0.1, 0.15) is 10.6 Å². The van der Waals surface area contributed by atoms with E-state index in [4.69, 9.17) is 0 Å². The third-order valence-electron chi connectivity index (χ3n) is 4.01. The Balaban J connectivity index is 1.91. The lowest BCUT2D eigenvalue weighted by Crippen LogP contribution is -2.36. The zero-order valence-corrected chi connectivity index (χ0v) is 13.9. The van der Waals surface area contributed by atoms with Gasteiger partial charge in [-0.25, -0.2) is 8.42 Å². The van der Waals surface area contributed by atoms with Crippen molar-refractivity contribution in [1.29, 1.82) is 0 Å². The van der Waals surface area contributed by atoms with Gasteiger partial charge in [-0.05, 0) is 30.2 Å². The van der Waals surface area contributed by atoms with Crippen LogP contribution in [0, 0.1) is 0 Å². The molecule has 122 valence electrons. The Kier molecular flexibility index (Phi) is 3.89. The molecule has 0 bridgehead atoms. The summed E-state index contributed by atoms with van der Waals surface area (Å²) in [4.78, 5) is 13.8. The number of carbonyl (C=O) groups excluding carboxylic acids is 1. The molecule has 1 amide bonds. The monoisotopic (exact) mass is 333 g/mol. The number of benzene rings is 1. The Bertz CT molecular complexity index is 855. The first-order chi connectivity index (χ1) is 10.9. The smallest absolute Gasteiger partial charge is 0.270 e. The quantitative estimate of drug-likeness (QED) is 0.929. The Morgan fingerprint density at radius 1 is 1.22 bits per heavy atom. The molecular formula is C16H19N3O3S. The second kappa shape index (κ2) is 5.73. The van der Waals surface area contributed by atoms with Crippen LogP contribution in [0.15, 0.2) is 41.4 Å². The summed E-state index contributed by atoms with van der Waals surface area (Å²) in [5.74, 6) is -0.161. The average Bonchev–Trinajstić information content (AvgIpc) is 2.97. The van der Waals surface area contributed by atoms with Gasteiger partial charge >= 0.3 is 0 Å². The van der Waals surface area contributed by atoms with Crippen LogP contribution in [0.4, 0.5) is 5.69 Å². The summed E-state index contributed by atoms with van der Waals surface area (Å²) < 4.78 is 29.4. The van der Waals surface area contributed by atoms with Crippen LogP contribution in [0.25, 0.3) is 0 Å². The largest absolute Gasteiger partial charge is 0.340 e. The van der Waals surface area contributed by atoms with Gasteiger partial charge in [0, 0.05) is 32.0 Å². The zero-order chi connectivity index (χ0) is 16.6. The van der Waals surface area contributed by atoms with Gasteiger partial charge in [-0.15, -0.1) is 0 Å². The van der Waals surface area contributed by atoms with Crippen molar-refractivity contribution < 1.29 is 13.2 Å². The molecule has 6 nitrogen and oxygen atoms in total. The SMILES string of the molecule is CCc1cccc(NS(=O)(=O)c2cc3n(c2)CCN(C)C3=O)c1. The van der Waals surface area contributed by atoms with Crippen LogP contribution in [-0.2, 0) is 23.0 Å². The van der Waals surface area contributed by atoms with Crippen LogP contribution in [0.3, 0.4) is 0 Å². The highest BCUT2D eigenvalue weighted by Gasteiger charge is 2.26. The number of hydrogen-bond acceptors (Lipinski definition) is 3. The number of nitrogens with zero attached hydrogens (tertiary/aromatic N) is 2. The standard InChI is InChI=1S/C16H19N3O3S/c1-3-12-5-4-6-13(9-12)17-23(21,22)14-10-15-16(20)18(2)7-8-19(15)11-14/h4-6,9-11,17H,3,7-8H2,1-2H3. The topological polar surface area (TPSA) is 71.4 Å². The van der Waals surface area contributed by atoms with E-state index in [2.05, 4.69) is 4.72 Å². The molecule has 0 aliphatic carbocycles. The van der Waals surface area contributed by atoms with Gasteiger partial charge < -0.3 is 9.47 Å². The van der Waals surface area contributed by atoms with Crippen LogP contribution in [0.2, 0.25) is 0 Å². The fourth-order valence-corrected chi connectivity index (χ4v) is 3.71. The number of aromatic nitrogens is 1. The number of hydrogen-bond donors (Lipinski definition) is 1. The first kappa shape index (κ1) is 15.6. The molecule has 0 saturated carbocycles. The van der Waals surface area contributed by atoms with E-state index in [1.54, 1.807) is 22.6 Å². The molecule has 1 aliphatic rings. The summed E-state index contributed by atoms with van der Waals surface area (Å²) in [6.07, 6.45) is 2.35.